The molecule has 1 aromatic carbocycles. The molecule has 5 nitrogen and oxygen atoms in total. The van der Waals surface area contributed by atoms with Gasteiger partial charge in [0.2, 0.25) is 5.91 Å². The van der Waals surface area contributed by atoms with Crippen molar-refractivity contribution in [2.24, 2.45) is 4.99 Å². The molecule has 1 atom stereocenters. The maximum Gasteiger partial charge on any atom is 0.243 e. The maximum atomic E-state index is 11.6. The number of guanidine groups is 1. The van der Waals surface area contributed by atoms with Crippen LogP contribution in [0.3, 0.4) is 0 Å². The Morgan fingerprint density at radius 2 is 2.00 bits per heavy atom. The summed E-state index contributed by atoms with van der Waals surface area (Å²) in [6.45, 7) is 6.34. The highest BCUT2D eigenvalue weighted by molar-refractivity contribution is 14.0. The zero-order chi connectivity index (χ0) is 16.5. The molecule has 0 saturated heterocycles. The second kappa shape index (κ2) is 11.3. The summed E-state index contributed by atoms with van der Waals surface area (Å²) in [4.78, 5) is 17.4. The lowest BCUT2D eigenvalue weighted by atomic mass is 10.1. The van der Waals surface area contributed by atoms with Gasteiger partial charge in [0.1, 0.15) is 6.54 Å². The quantitative estimate of drug-likeness (QED) is 0.303. The van der Waals surface area contributed by atoms with Crippen molar-refractivity contribution in [1.29, 1.82) is 0 Å². The second-order valence-corrected chi connectivity index (χ2v) is 5.48. The van der Waals surface area contributed by atoms with Gasteiger partial charge in [0.05, 0.1) is 6.04 Å². The number of aliphatic imine (C=N–C) groups is 1. The number of hydrogen-bond donors (Lipinski definition) is 2. The third-order valence-corrected chi connectivity index (χ3v) is 3.26. The van der Waals surface area contributed by atoms with E-state index in [0.29, 0.717) is 17.5 Å². The third-order valence-electron chi connectivity index (χ3n) is 3.01. The summed E-state index contributed by atoms with van der Waals surface area (Å²) in [7, 11) is 3.41. The number of hydrogen-bond acceptors (Lipinski definition) is 2. The van der Waals surface area contributed by atoms with Crippen molar-refractivity contribution in [3.8, 4) is 0 Å². The molecule has 0 heterocycles. The van der Waals surface area contributed by atoms with E-state index in [1.807, 2.05) is 31.2 Å². The molecule has 128 valence electrons. The smallest absolute Gasteiger partial charge is 0.243 e. The predicted molar refractivity (Wildman–Crippen MR) is 108 cm³/mol. The van der Waals surface area contributed by atoms with Crippen LogP contribution in [0.1, 0.15) is 18.5 Å². The largest absolute Gasteiger partial charge is 0.353 e. The molecule has 0 aliphatic rings. The van der Waals surface area contributed by atoms with Crippen LogP contribution in [-0.4, -0.2) is 44.0 Å². The summed E-state index contributed by atoms with van der Waals surface area (Å²) in [5, 5.41) is 7.06. The highest BCUT2D eigenvalue weighted by atomic mass is 127. The third kappa shape index (κ3) is 8.22. The normalized spacial score (nSPS) is 11.9. The standard InChI is InChI=1S/C16H23ClN4O.HI/c1-5-10-18-16(19-11-15(22)21(3)4)20-12(2)13-6-8-14(17)9-7-13;/h5-9,12H,1,10-11H2,2-4H3,(H2,18,19,20);1H. The highest BCUT2D eigenvalue weighted by Gasteiger charge is 2.09. The van der Waals surface area contributed by atoms with E-state index >= 15 is 0 Å². The summed E-state index contributed by atoms with van der Waals surface area (Å²) in [5.74, 6) is 0.511. The Bertz CT molecular complexity index is 531. The molecule has 23 heavy (non-hydrogen) atoms. The molecule has 0 aliphatic heterocycles. The molecule has 0 spiro atoms. The monoisotopic (exact) mass is 450 g/mol. The summed E-state index contributed by atoms with van der Waals surface area (Å²) in [5.41, 5.74) is 1.08. The summed E-state index contributed by atoms with van der Waals surface area (Å²) < 4.78 is 0. The average Bonchev–Trinajstić information content (AvgIpc) is 2.49. The van der Waals surface area contributed by atoms with E-state index in [1.165, 1.54) is 4.90 Å². The first-order valence-corrected chi connectivity index (χ1v) is 7.43. The fourth-order valence-electron chi connectivity index (χ4n) is 1.65. The molecule has 1 aromatic rings. The summed E-state index contributed by atoms with van der Waals surface area (Å²) >= 11 is 5.90. The molecule has 7 heteroatoms. The van der Waals surface area contributed by atoms with Crippen LogP contribution in [-0.2, 0) is 4.79 Å². The lowest BCUT2D eigenvalue weighted by Gasteiger charge is -2.18. The minimum Gasteiger partial charge on any atom is -0.353 e. The van der Waals surface area contributed by atoms with Gasteiger partial charge in [0.15, 0.2) is 5.96 Å². The van der Waals surface area contributed by atoms with Crippen molar-refractivity contribution in [1.82, 2.24) is 15.5 Å². The fourth-order valence-corrected chi connectivity index (χ4v) is 1.78. The van der Waals surface area contributed by atoms with E-state index in [1.54, 1.807) is 20.2 Å². The number of benzene rings is 1. The van der Waals surface area contributed by atoms with Crippen LogP contribution < -0.4 is 10.6 Å². The molecule has 1 unspecified atom stereocenters. The lowest BCUT2D eigenvalue weighted by molar-refractivity contribution is -0.127. The van der Waals surface area contributed by atoms with Gasteiger partial charge in [-0.25, -0.2) is 4.99 Å². The number of rotatable bonds is 6. The van der Waals surface area contributed by atoms with Gasteiger partial charge in [-0.05, 0) is 24.6 Å². The molecule has 0 saturated carbocycles. The van der Waals surface area contributed by atoms with Crippen LogP contribution in [0.2, 0.25) is 5.02 Å². The van der Waals surface area contributed by atoms with Crippen molar-refractivity contribution in [2.75, 3.05) is 27.2 Å². The van der Waals surface area contributed by atoms with Gasteiger partial charge in [-0.3, -0.25) is 4.79 Å². The molecular weight excluding hydrogens is 427 g/mol. The zero-order valence-electron chi connectivity index (χ0n) is 13.7. The van der Waals surface area contributed by atoms with Crippen LogP contribution in [0.4, 0.5) is 0 Å². The summed E-state index contributed by atoms with van der Waals surface area (Å²) in [6, 6.07) is 7.63. The lowest BCUT2D eigenvalue weighted by Crippen LogP contribution is -2.39. The van der Waals surface area contributed by atoms with E-state index in [-0.39, 0.29) is 42.5 Å². The van der Waals surface area contributed by atoms with Crippen molar-refractivity contribution < 1.29 is 4.79 Å². The van der Waals surface area contributed by atoms with Gasteiger partial charge < -0.3 is 15.5 Å². The first kappa shape index (κ1) is 21.7. The predicted octanol–water partition coefficient (Wildman–Crippen LogP) is 2.83. The van der Waals surface area contributed by atoms with Crippen LogP contribution in [0.15, 0.2) is 41.9 Å². The minimum absolute atomic E-state index is 0. The Labute approximate surface area is 160 Å². The van der Waals surface area contributed by atoms with Crippen molar-refractivity contribution in [3.05, 3.63) is 47.5 Å². The number of carbonyl (C=O) groups excluding carboxylic acids is 1. The van der Waals surface area contributed by atoms with Crippen LogP contribution >= 0.6 is 35.6 Å². The molecule has 1 amide bonds. The van der Waals surface area contributed by atoms with Gasteiger partial charge in [-0.2, -0.15) is 0 Å². The molecule has 0 aromatic heterocycles. The average molecular weight is 451 g/mol. The van der Waals surface area contributed by atoms with Crippen molar-refractivity contribution in [2.45, 2.75) is 13.0 Å². The molecule has 0 radical (unpaired) electrons. The number of likely N-dealkylation sites (N-methyl/N-ethyl adjacent to an activating group) is 1. The number of halogens is 2. The Morgan fingerprint density at radius 1 is 1.39 bits per heavy atom. The van der Waals surface area contributed by atoms with E-state index in [4.69, 9.17) is 11.6 Å². The topological polar surface area (TPSA) is 56.7 Å². The van der Waals surface area contributed by atoms with Crippen LogP contribution in [0, 0.1) is 0 Å². The van der Waals surface area contributed by atoms with Crippen LogP contribution in [0.25, 0.3) is 0 Å². The van der Waals surface area contributed by atoms with Gasteiger partial charge in [0, 0.05) is 25.7 Å². The first-order valence-electron chi connectivity index (χ1n) is 7.05. The Hall–Kier alpha value is -1.28. The Kier molecular flexibility index (Phi) is 10.7. The van der Waals surface area contributed by atoms with E-state index in [0.717, 1.165) is 5.56 Å². The molecule has 2 N–H and O–H groups in total. The second-order valence-electron chi connectivity index (χ2n) is 5.04. The van der Waals surface area contributed by atoms with Crippen molar-refractivity contribution in [3.63, 3.8) is 0 Å². The Morgan fingerprint density at radius 3 is 2.52 bits per heavy atom. The number of nitrogens with one attached hydrogen (secondary N) is 2. The SMILES string of the molecule is C=CCNC(=NCC(=O)N(C)C)NC(C)c1ccc(Cl)cc1.I. The molecule has 0 bridgehead atoms. The highest BCUT2D eigenvalue weighted by Crippen LogP contribution is 2.15. The van der Waals surface area contributed by atoms with Gasteiger partial charge in [-0.1, -0.05) is 29.8 Å². The molecular formula is C16H24ClIN4O. The van der Waals surface area contributed by atoms with E-state index < -0.39 is 0 Å². The van der Waals surface area contributed by atoms with Crippen LogP contribution in [0.5, 0.6) is 0 Å². The van der Waals surface area contributed by atoms with Gasteiger partial charge >= 0.3 is 0 Å². The first-order chi connectivity index (χ1) is 10.4. The maximum absolute atomic E-state index is 11.6. The molecule has 1 rings (SSSR count). The van der Waals surface area contributed by atoms with Gasteiger partial charge in [0.25, 0.3) is 0 Å². The minimum atomic E-state index is -0.0566. The Balaban J connectivity index is 0.00000484. The van der Waals surface area contributed by atoms with Gasteiger partial charge in [-0.15, -0.1) is 30.6 Å². The number of carbonyl (C=O) groups is 1. The summed E-state index contributed by atoms with van der Waals surface area (Å²) in [6.07, 6.45) is 1.73. The zero-order valence-corrected chi connectivity index (χ0v) is 16.8. The fraction of sp³-hybridized carbons (Fsp3) is 0.375. The van der Waals surface area contributed by atoms with E-state index in [9.17, 15) is 4.79 Å². The molecule has 0 aliphatic carbocycles. The van der Waals surface area contributed by atoms with E-state index in [2.05, 4.69) is 22.2 Å². The number of amides is 1. The number of nitrogens with zero attached hydrogens (tertiary/aromatic N) is 2. The van der Waals surface area contributed by atoms with Crippen molar-refractivity contribution >= 4 is 47.4 Å². The molecule has 0 fully saturated rings.